The Morgan fingerprint density at radius 3 is 2.19 bits per heavy atom. The lowest BCUT2D eigenvalue weighted by molar-refractivity contribution is -0.132. The van der Waals surface area contributed by atoms with Gasteiger partial charge in [-0.1, -0.05) is 12.1 Å². The number of carbonyl (C=O) groups is 2. The first-order chi connectivity index (χ1) is 12.9. The second-order valence-electron chi connectivity index (χ2n) is 6.11. The van der Waals surface area contributed by atoms with E-state index >= 15 is 0 Å². The van der Waals surface area contributed by atoms with Gasteiger partial charge in [0.25, 0.3) is 5.91 Å². The van der Waals surface area contributed by atoms with Gasteiger partial charge in [-0.2, -0.15) is 8.78 Å². The first-order valence-corrected chi connectivity index (χ1v) is 8.14. The van der Waals surface area contributed by atoms with Crippen molar-refractivity contribution in [2.24, 2.45) is 0 Å². The summed E-state index contributed by atoms with van der Waals surface area (Å²) < 4.78 is 37.3. The van der Waals surface area contributed by atoms with Gasteiger partial charge in [0.15, 0.2) is 0 Å². The van der Waals surface area contributed by atoms with E-state index < -0.39 is 23.8 Å². The number of rotatable bonds is 5. The Morgan fingerprint density at radius 1 is 1.04 bits per heavy atom. The molecular weight excluding hydrogens is 363 g/mol. The van der Waals surface area contributed by atoms with Crippen LogP contribution in [-0.4, -0.2) is 28.2 Å². The number of alkyl halides is 2. The lowest BCUT2D eigenvalue weighted by Gasteiger charge is -2.43. The Labute approximate surface area is 152 Å². The van der Waals surface area contributed by atoms with Crippen LogP contribution in [0, 0.1) is 5.82 Å². The Morgan fingerprint density at radius 2 is 1.67 bits per heavy atom. The van der Waals surface area contributed by atoms with Crippen molar-refractivity contribution in [3.63, 3.8) is 0 Å². The molecule has 1 aliphatic rings. The van der Waals surface area contributed by atoms with Gasteiger partial charge in [-0.3, -0.25) is 20.4 Å². The monoisotopic (exact) mass is 379 g/mol. The molecule has 0 spiro atoms. The fourth-order valence-corrected chi connectivity index (χ4v) is 2.75. The van der Waals surface area contributed by atoms with Gasteiger partial charge in [0.1, 0.15) is 5.82 Å². The predicted octanol–water partition coefficient (Wildman–Crippen LogP) is 2.13. The van der Waals surface area contributed by atoms with Gasteiger partial charge in [-0.25, -0.2) is 14.4 Å². The van der Waals surface area contributed by atoms with E-state index in [9.17, 15) is 22.8 Å². The van der Waals surface area contributed by atoms with Crippen LogP contribution >= 0.6 is 0 Å². The predicted molar refractivity (Wildman–Crippen MR) is 89.2 cm³/mol. The number of aromatic nitrogens is 2. The van der Waals surface area contributed by atoms with Gasteiger partial charge in [-0.05, 0) is 37.0 Å². The summed E-state index contributed by atoms with van der Waals surface area (Å²) in [4.78, 5) is 30.6. The van der Waals surface area contributed by atoms with Gasteiger partial charge in [0, 0.05) is 12.4 Å². The second kappa shape index (κ2) is 7.60. The van der Waals surface area contributed by atoms with E-state index in [-0.39, 0.29) is 17.3 Å². The van der Waals surface area contributed by atoms with E-state index in [1.54, 1.807) is 17.6 Å². The first kappa shape index (κ1) is 18.6. The largest absolute Gasteiger partial charge is 0.345 e. The maximum Gasteiger partial charge on any atom is 0.317 e. The molecule has 1 aliphatic carbocycles. The summed E-state index contributed by atoms with van der Waals surface area (Å²) in [6.07, 6.45) is 1.81. The van der Waals surface area contributed by atoms with E-state index in [2.05, 4.69) is 15.3 Å². The quantitative estimate of drug-likeness (QED) is 0.692. The van der Waals surface area contributed by atoms with E-state index in [4.69, 9.17) is 0 Å². The third-order valence-corrected chi connectivity index (χ3v) is 4.37. The molecule has 1 aromatic heterocycles. The number of nitrogens with zero attached hydrogens (tertiary/aromatic N) is 2. The highest BCUT2D eigenvalue weighted by Crippen LogP contribution is 2.43. The molecule has 10 heteroatoms. The highest BCUT2D eigenvalue weighted by molar-refractivity contribution is 5.95. The molecule has 0 radical (unpaired) electrons. The highest BCUT2D eigenvalue weighted by atomic mass is 19.3. The average Bonchev–Trinajstić information content (AvgIpc) is 2.63. The van der Waals surface area contributed by atoms with Gasteiger partial charge < -0.3 is 5.32 Å². The maximum absolute atomic E-state index is 13.1. The van der Waals surface area contributed by atoms with E-state index in [0.717, 1.165) is 24.8 Å². The van der Waals surface area contributed by atoms with Crippen molar-refractivity contribution in [3.05, 3.63) is 53.6 Å². The van der Waals surface area contributed by atoms with Gasteiger partial charge >= 0.3 is 12.3 Å². The zero-order valence-corrected chi connectivity index (χ0v) is 14.0. The Balaban J connectivity index is 1.65. The van der Waals surface area contributed by atoms with Gasteiger partial charge in [-0.15, -0.1) is 0 Å². The molecule has 142 valence electrons. The van der Waals surface area contributed by atoms with Crippen molar-refractivity contribution in [3.8, 4) is 0 Å². The first-order valence-electron chi connectivity index (χ1n) is 8.14. The Kier molecular flexibility index (Phi) is 5.24. The van der Waals surface area contributed by atoms with Crippen LogP contribution in [0.4, 0.5) is 19.1 Å². The van der Waals surface area contributed by atoms with Crippen LogP contribution in [0.15, 0.2) is 36.7 Å². The highest BCUT2D eigenvalue weighted by Gasteiger charge is 2.39. The molecule has 0 saturated heterocycles. The molecule has 0 atom stereocenters. The summed E-state index contributed by atoms with van der Waals surface area (Å²) in [5, 5.41) is 3.21. The van der Waals surface area contributed by atoms with Crippen molar-refractivity contribution in [2.75, 3.05) is 5.32 Å². The Hall–Kier alpha value is -3.17. The van der Waals surface area contributed by atoms with E-state index in [0.29, 0.717) is 0 Å². The number of benzene rings is 1. The summed E-state index contributed by atoms with van der Waals surface area (Å²) in [5.41, 5.74) is 3.93. The normalized spacial score (nSPS) is 15.0. The fourth-order valence-electron chi connectivity index (χ4n) is 2.75. The number of nitrogens with one attached hydrogen (secondary N) is 3. The molecule has 3 rings (SSSR count). The number of amides is 2. The van der Waals surface area contributed by atoms with Crippen LogP contribution < -0.4 is 16.2 Å². The summed E-state index contributed by atoms with van der Waals surface area (Å²) in [7, 11) is 0. The van der Waals surface area contributed by atoms with E-state index in [1.807, 2.05) is 5.43 Å². The zero-order chi connectivity index (χ0) is 19.4. The molecule has 3 N–H and O–H groups in total. The van der Waals surface area contributed by atoms with Crippen molar-refractivity contribution < 1.29 is 22.8 Å². The van der Waals surface area contributed by atoms with Crippen molar-refractivity contribution >= 4 is 17.8 Å². The molecular formula is C17H16F3N5O2. The third-order valence-electron chi connectivity index (χ3n) is 4.37. The minimum atomic E-state index is -3.24. The average molecular weight is 379 g/mol. The number of carbonyl (C=O) groups excluding carboxylic acids is 2. The molecule has 2 aromatic rings. The maximum atomic E-state index is 13.1. The molecule has 2 amide bonds. The standard InChI is InChI=1S/C17H16F3N5O2/c18-12-4-2-11(3-5-12)17(6-1-7-17)23-16-21-8-10(9-22-16)14(26)24-25-15(27)13(19)20/h2-5,8-9,13H,1,6-7H2,(H,24,26)(H,25,27)(H,21,22,23). The molecule has 7 nitrogen and oxygen atoms in total. The Bertz CT molecular complexity index is 823. The number of hydrogen-bond acceptors (Lipinski definition) is 5. The topological polar surface area (TPSA) is 96.0 Å². The SMILES string of the molecule is O=C(NNC(=O)C(F)F)c1cnc(NC2(c3ccc(F)cc3)CCC2)nc1. The van der Waals surface area contributed by atoms with Crippen LogP contribution in [0.25, 0.3) is 0 Å². The lowest BCUT2D eigenvalue weighted by atomic mass is 9.72. The summed E-state index contributed by atoms with van der Waals surface area (Å²) in [6, 6.07) is 6.18. The van der Waals surface area contributed by atoms with Crippen LogP contribution in [0.1, 0.15) is 35.2 Å². The van der Waals surface area contributed by atoms with Crippen molar-refractivity contribution in [1.29, 1.82) is 0 Å². The van der Waals surface area contributed by atoms with Crippen LogP contribution in [0.2, 0.25) is 0 Å². The fraction of sp³-hybridized carbons (Fsp3) is 0.294. The molecule has 1 heterocycles. The summed E-state index contributed by atoms with van der Waals surface area (Å²) in [5.74, 6) is -2.49. The number of anilines is 1. The number of hydrogen-bond donors (Lipinski definition) is 3. The molecule has 0 bridgehead atoms. The molecule has 1 saturated carbocycles. The van der Waals surface area contributed by atoms with Gasteiger partial charge in [0.05, 0.1) is 11.1 Å². The molecule has 1 fully saturated rings. The summed E-state index contributed by atoms with van der Waals surface area (Å²) in [6.45, 7) is 0. The summed E-state index contributed by atoms with van der Waals surface area (Å²) >= 11 is 0. The number of halogens is 3. The van der Waals surface area contributed by atoms with Crippen molar-refractivity contribution in [2.45, 2.75) is 31.2 Å². The van der Waals surface area contributed by atoms with E-state index in [1.165, 1.54) is 24.5 Å². The second-order valence-corrected chi connectivity index (χ2v) is 6.11. The van der Waals surface area contributed by atoms with Crippen LogP contribution in [-0.2, 0) is 10.3 Å². The molecule has 1 aromatic carbocycles. The van der Waals surface area contributed by atoms with Crippen molar-refractivity contribution in [1.82, 2.24) is 20.8 Å². The minimum absolute atomic E-state index is 0.0143. The third kappa shape index (κ3) is 4.15. The number of hydrazine groups is 1. The molecule has 0 unspecified atom stereocenters. The molecule has 27 heavy (non-hydrogen) atoms. The zero-order valence-electron chi connectivity index (χ0n) is 14.0. The minimum Gasteiger partial charge on any atom is -0.345 e. The molecule has 0 aliphatic heterocycles. The van der Waals surface area contributed by atoms with Gasteiger partial charge in [0.2, 0.25) is 5.95 Å². The lowest BCUT2D eigenvalue weighted by Crippen LogP contribution is -2.44. The smallest absolute Gasteiger partial charge is 0.317 e. The van der Waals surface area contributed by atoms with Crippen LogP contribution in [0.5, 0.6) is 0 Å². The van der Waals surface area contributed by atoms with Crippen LogP contribution in [0.3, 0.4) is 0 Å².